The number of halogens is 1. The number of nitrogens with one attached hydrogen (secondary N) is 1. The van der Waals surface area contributed by atoms with E-state index < -0.39 is 6.10 Å². The van der Waals surface area contributed by atoms with Crippen LogP contribution in [-0.2, 0) is 11.3 Å². The summed E-state index contributed by atoms with van der Waals surface area (Å²) in [4.78, 5) is 0. The van der Waals surface area contributed by atoms with Crippen LogP contribution in [0.3, 0.4) is 0 Å². The summed E-state index contributed by atoms with van der Waals surface area (Å²) in [7, 11) is 0. The number of rotatable bonds is 9. The molecular weight excluding hydrogens is 233 g/mol. The summed E-state index contributed by atoms with van der Waals surface area (Å²) < 4.78 is 18.0. The second-order valence-electron chi connectivity index (χ2n) is 4.34. The van der Waals surface area contributed by atoms with Gasteiger partial charge < -0.3 is 15.2 Å². The molecule has 0 spiro atoms. The van der Waals surface area contributed by atoms with E-state index in [0.717, 1.165) is 18.4 Å². The van der Waals surface area contributed by atoms with Gasteiger partial charge in [-0.1, -0.05) is 25.5 Å². The molecule has 0 bridgehead atoms. The van der Waals surface area contributed by atoms with E-state index in [2.05, 4.69) is 12.2 Å². The van der Waals surface area contributed by atoms with Gasteiger partial charge >= 0.3 is 0 Å². The number of aliphatic hydroxyl groups excluding tert-OH is 1. The molecule has 0 amide bonds. The summed E-state index contributed by atoms with van der Waals surface area (Å²) >= 11 is 0. The molecule has 1 aromatic carbocycles. The zero-order chi connectivity index (χ0) is 13.2. The van der Waals surface area contributed by atoms with E-state index >= 15 is 0 Å². The molecule has 3 nitrogen and oxygen atoms in total. The van der Waals surface area contributed by atoms with Crippen molar-refractivity contribution in [3.05, 3.63) is 35.6 Å². The van der Waals surface area contributed by atoms with Crippen LogP contribution < -0.4 is 5.32 Å². The lowest BCUT2D eigenvalue weighted by molar-refractivity contribution is 0.0358. The second kappa shape index (κ2) is 9.03. The van der Waals surface area contributed by atoms with Crippen LogP contribution in [-0.4, -0.2) is 31.0 Å². The Morgan fingerprint density at radius 2 is 2.06 bits per heavy atom. The smallest absolute Gasteiger partial charge is 0.123 e. The highest BCUT2D eigenvalue weighted by atomic mass is 19.1. The molecule has 0 fully saturated rings. The lowest BCUT2D eigenvalue weighted by Gasteiger charge is -2.12. The first-order chi connectivity index (χ1) is 8.72. The van der Waals surface area contributed by atoms with Crippen molar-refractivity contribution < 1.29 is 14.2 Å². The minimum Gasteiger partial charge on any atom is -0.389 e. The first kappa shape index (κ1) is 15.1. The lowest BCUT2D eigenvalue weighted by atomic mass is 10.2. The van der Waals surface area contributed by atoms with Crippen molar-refractivity contribution in [2.45, 2.75) is 32.4 Å². The Morgan fingerprint density at radius 1 is 1.33 bits per heavy atom. The molecule has 0 aliphatic rings. The molecule has 18 heavy (non-hydrogen) atoms. The standard InChI is InChI=1S/C14H22FNO2/c1-2-3-8-18-11-14(17)10-16-9-12-4-6-13(15)7-5-12/h4-7,14,16-17H,2-3,8-11H2,1H3. The summed E-state index contributed by atoms with van der Waals surface area (Å²) in [6.45, 7) is 4.25. The van der Waals surface area contributed by atoms with Gasteiger partial charge in [-0.05, 0) is 24.1 Å². The Kier molecular flexibility index (Phi) is 7.57. The fourth-order valence-electron chi connectivity index (χ4n) is 1.51. The van der Waals surface area contributed by atoms with Crippen molar-refractivity contribution in [1.29, 1.82) is 0 Å². The average Bonchev–Trinajstić information content (AvgIpc) is 2.37. The van der Waals surface area contributed by atoms with Crippen LogP contribution in [0, 0.1) is 5.82 Å². The molecule has 0 saturated carbocycles. The highest BCUT2D eigenvalue weighted by Crippen LogP contribution is 2.02. The zero-order valence-electron chi connectivity index (χ0n) is 10.9. The van der Waals surface area contributed by atoms with Gasteiger partial charge in [0.25, 0.3) is 0 Å². The van der Waals surface area contributed by atoms with Crippen molar-refractivity contribution in [1.82, 2.24) is 5.32 Å². The molecular formula is C14H22FNO2. The predicted molar refractivity (Wildman–Crippen MR) is 69.8 cm³/mol. The van der Waals surface area contributed by atoms with Crippen molar-refractivity contribution in [2.75, 3.05) is 19.8 Å². The fraction of sp³-hybridized carbons (Fsp3) is 0.571. The van der Waals surface area contributed by atoms with E-state index in [-0.39, 0.29) is 5.82 Å². The number of ether oxygens (including phenoxy) is 1. The van der Waals surface area contributed by atoms with Crippen LogP contribution >= 0.6 is 0 Å². The Morgan fingerprint density at radius 3 is 2.72 bits per heavy atom. The number of unbranched alkanes of at least 4 members (excludes halogenated alkanes) is 1. The molecule has 1 atom stereocenters. The highest BCUT2D eigenvalue weighted by Gasteiger charge is 2.03. The third-order valence-electron chi connectivity index (χ3n) is 2.57. The van der Waals surface area contributed by atoms with E-state index in [0.29, 0.717) is 26.3 Å². The van der Waals surface area contributed by atoms with E-state index in [4.69, 9.17) is 4.74 Å². The molecule has 1 rings (SSSR count). The maximum Gasteiger partial charge on any atom is 0.123 e. The van der Waals surface area contributed by atoms with E-state index in [1.807, 2.05) is 0 Å². The number of hydrogen-bond donors (Lipinski definition) is 2. The molecule has 0 aliphatic heterocycles. The van der Waals surface area contributed by atoms with Gasteiger partial charge in [0, 0.05) is 19.7 Å². The molecule has 102 valence electrons. The Labute approximate surface area is 108 Å². The summed E-state index contributed by atoms with van der Waals surface area (Å²) in [5.74, 6) is -0.233. The van der Waals surface area contributed by atoms with E-state index in [9.17, 15) is 9.50 Å². The minimum absolute atomic E-state index is 0.233. The van der Waals surface area contributed by atoms with Gasteiger partial charge in [-0.25, -0.2) is 4.39 Å². The van der Waals surface area contributed by atoms with Gasteiger partial charge in [0.2, 0.25) is 0 Å². The van der Waals surface area contributed by atoms with Crippen LogP contribution in [0.15, 0.2) is 24.3 Å². The third-order valence-corrected chi connectivity index (χ3v) is 2.57. The van der Waals surface area contributed by atoms with Gasteiger partial charge in [0.1, 0.15) is 5.82 Å². The second-order valence-corrected chi connectivity index (χ2v) is 4.34. The molecule has 0 aliphatic carbocycles. The third kappa shape index (κ3) is 6.69. The number of benzene rings is 1. The number of hydrogen-bond acceptors (Lipinski definition) is 3. The van der Waals surface area contributed by atoms with Crippen LogP contribution in [0.25, 0.3) is 0 Å². The van der Waals surface area contributed by atoms with Crippen LogP contribution in [0.5, 0.6) is 0 Å². The Bertz CT molecular complexity index is 316. The van der Waals surface area contributed by atoms with Crippen LogP contribution in [0.4, 0.5) is 4.39 Å². The normalized spacial score (nSPS) is 12.6. The highest BCUT2D eigenvalue weighted by molar-refractivity contribution is 5.15. The van der Waals surface area contributed by atoms with Gasteiger partial charge in [-0.3, -0.25) is 0 Å². The molecule has 4 heteroatoms. The lowest BCUT2D eigenvalue weighted by Crippen LogP contribution is -2.30. The molecule has 2 N–H and O–H groups in total. The van der Waals surface area contributed by atoms with Gasteiger partial charge in [0.15, 0.2) is 0 Å². The van der Waals surface area contributed by atoms with Crippen molar-refractivity contribution in [3.63, 3.8) is 0 Å². The topological polar surface area (TPSA) is 41.5 Å². The molecule has 0 heterocycles. The quantitative estimate of drug-likeness (QED) is 0.664. The Balaban J connectivity index is 2.07. The number of aliphatic hydroxyl groups is 1. The Hall–Kier alpha value is -0.970. The van der Waals surface area contributed by atoms with Crippen LogP contribution in [0.1, 0.15) is 25.3 Å². The SMILES string of the molecule is CCCCOCC(O)CNCc1ccc(F)cc1. The molecule has 0 saturated heterocycles. The molecule has 1 unspecified atom stereocenters. The van der Waals surface area contributed by atoms with Crippen molar-refractivity contribution in [3.8, 4) is 0 Å². The van der Waals surface area contributed by atoms with Crippen LogP contribution in [0.2, 0.25) is 0 Å². The summed E-state index contributed by atoms with van der Waals surface area (Å²) in [5.41, 5.74) is 0.996. The first-order valence-electron chi connectivity index (χ1n) is 6.43. The van der Waals surface area contributed by atoms with E-state index in [1.165, 1.54) is 12.1 Å². The van der Waals surface area contributed by atoms with Gasteiger partial charge in [-0.2, -0.15) is 0 Å². The predicted octanol–water partition coefficient (Wildman–Crippen LogP) is 2.09. The summed E-state index contributed by atoms with van der Waals surface area (Å²) in [5, 5.41) is 12.7. The van der Waals surface area contributed by atoms with Crippen molar-refractivity contribution >= 4 is 0 Å². The molecule has 0 radical (unpaired) electrons. The summed E-state index contributed by atoms with van der Waals surface area (Å²) in [6.07, 6.45) is 1.62. The maximum atomic E-state index is 12.7. The van der Waals surface area contributed by atoms with E-state index in [1.54, 1.807) is 12.1 Å². The zero-order valence-corrected chi connectivity index (χ0v) is 10.9. The molecule has 0 aromatic heterocycles. The average molecular weight is 255 g/mol. The maximum absolute atomic E-state index is 12.7. The largest absolute Gasteiger partial charge is 0.389 e. The molecule has 1 aromatic rings. The van der Waals surface area contributed by atoms with Crippen molar-refractivity contribution in [2.24, 2.45) is 0 Å². The monoisotopic (exact) mass is 255 g/mol. The van der Waals surface area contributed by atoms with Gasteiger partial charge in [-0.15, -0.1) is 0 Å². The first-order valence-corrected chi connectivity index (χ1v) is 6.43. The fourth-order valence-corrected chi connectivity index (χ4v) is 1.51. The van der Waals surface area contributed by atoms with Gasteiger partial charge in [0.05, 0.1) is 12.7 Å². The summed E-state index contributed by atoms with van der Waals surface area (Å²) in [6, 6.07) is 6.32. The minimum atomic E-state index is -0.498.